The van der Waals surface area contributed by atoms with Gasteiger partial charge in [-0.2, -0.15) is 5.10 Å². The van der Waals surface area contributed by atoms with Gasteiger partial charge < -0.3 is 10.6 Å². The lowest BCUT2D eigenvalue weighted by molar-refractivity contribution is 0.327. The highest BCUT2D eigenvalue weighted by Crippen LogP contribution is 2.06. The molecule has 90 valence electrons. The number of hydrogen-bond donors (Lipinski definition) is 1. The SMILES string of the molecule is CCc1cc(CN(C)CCC(N)=S)n(C)n1. The molecule has 2 N–H and O–H groups in total. The minimum absolute atomic E-state index is 0.575. The summed E-state index contributed by atoms with van der Waals surface area (Å²) in [5.74, 6) is 0. The van der Waals surface area contributed by atoms with Gasteiger partial charge in [0, 0.05) is 26.6 Å². The van der Waals surface area contributed by atoms with Crippen LogP contribution in [0.15, 0.2) is 6.07 Å². The highest BCUT2D eigenvalue weighted by atomic mass is 32.1. The molecule has 0 amide bonds. The minimum Gasteiger partial charge on any atom is -0.393 e. The lowest BCUT2D eigenvalue weighted by Crippen LogP contribution is -2.24. The van der Waals surface area contributed by atoms with Crippen molar-refractivity contribution < 1.29 is 0 Å². The minimum atomic E-state index is 0.575. The van der Waals surface area contributed by atoms with Crippen LogP contribution in [-0.4, -0.2) is 33.3 Å². The number of hydrogen-bond acceptors (Lipinski definition) is 3. The van der Waals surface area contributed by atoms with Gasteiger partial charge in [0.25, 0.3) is 0 Å². The Bertz CT molecular complexity index is 359. The molecule has 0 aliphatic rings. The number of thiocarbonyl (C=S) groups is 1. The Morgan fingerprint density at radius 2 is 2.31 bits per heavy atom. The van der Waals surface area contributed by atoms with Crippen LogP contribution in [0.5, 0.6) is 0 Å². The first-order valence-corrected chi connectivity index (χ1v) is 5.92. The zero-order chi connectivity index (χ0) is 12.1. The van der Waals surface area contributed by atoms with Crippen molar-refractivity contribution in [1.82, 2.24) is 14.7 Å². The maximum atomic E-state index is 5.48. The summed E-state index contributed by atoms with van der Waals surface area (Å²) in [7, 11) is 4.05. The highest BCUT2D eigenvalue weighted by molar-refractivity contribution is 7.80. The van der Waals surface area contributed by atoms with Gasteiger partial charge >= 0.3 is 0 Å². The lowest BCUT2D eigenvalue weighted by Gasteiger charge is -2.15. The van der Waals surface area contributed by atoms with Gasteiger partial charge in [-0.05, 0) is 19.5 Å². The Balaban J connectivity index is 2.51. The summed E-state index contributed by atoms with van der Waals surface area (Å²) in [6.45, 7) is 3.89. The Morgan fingerprint density at radius 1 is 1.62 bits per heavy atom. The van der Waals surface area contributed by atoms with Crippen LogP contribution >= 0.6 is 12.2 Å². The van der Waals surface area contributed by atoms with E-state index in [1.165, 1.54) is 5.69 Å². The number of nitrogens with two attached hydrogens (primary N) is 1. The van der Waals surface area contributed by atoms with E-state index in [4.69, 9.17) is 18.0 Å². The van der Waals surface area contributed by atoms with E-state index >= 15 is 0 Å². The first kappa shape index (κ1) is 13.1. The van der Waals surface area contributed by atoms with Crippen LogP contribution in [0.2, 0.25) is 0 Å². The van der Waals surface area contributed by atoms with Crippen LogP contribution in [-0.2, 0) is 20.0 Å². The first-order valence-electron chi connectivity index (χ1n) is 5.51. The van der Waals surface area contributed by atoms with E-state index in [0.717, 1.165) is 31.6 Å². The summed E-state index contributed by atoms with van der Waals surface area (Å²) in [6.07, 6.45) is 1.74. The molecule has 0 radical (unpaired) electrons. The molecule has 1 heterocycles. The summed E-state index contributed by atoms with van der Waals surface area (Å²) in [6, 6.07) is 2.15. The van der Waals surface area contributed by atoms with E-state index < -0.39 is 0 Å². The van der Waals surface area contributed by atoms with E-state index in [2.05, 4.69) is 30.0 Å². The fourth-order valence-electron chi connectivity index (χ4n) is 1.55. The number of aromatic nitrogens is 2. The summed E-state index contributed by atoms with van der Waals surface area (Å²) in [4.78, 5) is 2.78. The fourth-order valence-corrected chi connectivity index (χ4v) is 1.64. The molecule has 16 heavy (non-hydrogen) atoms. The van der Waals surface area contributed by atoms with Gasteiger partial charge in [-0.15, -0.1) is 0 Å². The van der Waals surface area contributed by atoms with Crippen molar-refractivity contribution in [3.05, 3.63) is 17.5 Å². The summed E-state index contributed by atoms with van der Waals surface area (Å²) < 4.78 is 1.94. The second-order valence-corrected chi connectivity index (χ2v) is 4.58. The summed E-state index contributed by atoms with van der Waals surface area (Å²) >= 11 is 4.86. The largest absolute Gasteiger partial charge is 0.393 e. The van der Waals surface area contributed by atoms with Crippen molar-refractivity contribution >= 4 is 17.2 Å². The zero-order valence-electron chi connectivity index (χ0n) is 10.2. The quantitative estimate of drug-likeness (QED) is 0.756. The van der Waals surface area contributed by atoms with Crippen LogP contribution < -0.4 is 5.73 Å². The Hall–Kier alpha value is -0.940. The first-order chi connectivity index (χ1) is 7.52. The topological polar surface area (TPSA) is 47.1 Å². The number of nitrogens with zero attached hydrogens (tertiary/aromatic N) is 3. The summed E-state index contributed by atoms with van der Waals surface area (Å²) in [5.41, 5.74) is 7.84. The lowest BCUT2D eigenvalue weighted by atomic mass is 10.3. The third-order valence-corrected chi connectivity index (χ3v) is 2.77. The van der Waals surface area contributed by atoms with Gasteiger partial charge in [-0.3, -0.25) is 4.68 Å². The Morgan fingerprint density at radius 3 is 2.81 bits per heavy atom. The maximum Gasteiger partial charge on any atom is 0.0740 e. The zero-order valence-corrected chi connectivity index (χ0v) is 11.0. The molecule has 0 fully saturated rings. The van der Waals surface area contributed by atoms with Crippen LogP contribution in [0.25, 0.3) is 0 Å². The van der Waals surface area contributed by atoms with Crippen molar-refractivity contribution in [3.8, 4) is 0 Å². The van der Waals surface area contributed by atoms with Crippen molar-refractivity contribution in [2.45, 2.75) is 26.3 Å². The second kappa shape index (κ2) is 5.96. The van der Waals surface area contributed by atoms with Crippen LogP contribution in [0, 0.1) is 0 Å². The van der Waals surface area contributed by atoms with E-state index in [9.17, 15) is 0 Å². The standard InChI is InChI=1S/C11H20N4S/c1-4-9-7-10(15(3)13-9)8-14(2)6-5-11(12)16/h7H,4-6,8H2,1-3H3,(H2,12,16). The van der Waals surface area contributed by atoms with E-state index in [1.807, 2.05) is 11.7 Å². The molecule has 0 spiro atoms. The number of rotatable bonds is 6. The predicted molar refractivity (Wildman–Crippen MR) is 70.3 cm³/mol. The summed E-state index contributed by atoms with van der Waals surface area (Å²) in [5, 5.41) is 4.42. The van der Waals surface area contributed by atoms with Crippen LogP contribution in [0.4, 0.5) is 0 Å². The molecular formula is C11H20N4S. The predicted octanol–water partition coefficient (Wildman–Crippen LogP) is 1.09. The molecule has 0 saturated carbocycles. The van der Waals surface area contributed by atoms with E-state index in [0.29, 0.717) is 4.99 Å². The van der Waals surface area contributed by atoms with Gasteiger partial charge in [0.15, 0.2) is 0 Å². The Kier molecular flexibility index (Phi) is 4.89. The molecule has 0 aliphatic carbocycles. The molecule has 0 aromatic carbocycles. The average Bonchev–Trinajstić information content (AvgIpc) is 2.57. The van der Waals surface area contributed by atoms with Crippen molar-refractivity contribution in [2.75, 3.05) is 13.6 Å². The molecule has 0 bridgehead atoms. The second-order valence-electron chi connectivity index (χ2n) is 4.06. The van der Waals surface area contributed by atoms with Crippen molar-refractivity contribution in [2.24, 2.45) is 12.8 Å². The molecule has 1 rings (SSSR count). The Labute approximate surface area is 102 Å². The molecule has 0 saturated heterocycles. The molecule has 1 aromatic rings. The third-order valence-electron chi connectivity index (χ3n) is 2.56. The van der Waals surface area contributed by atoms with Crippen LogP contribution in [0.1, 0.15) is 24.7 Å². The van der Waals surface area contributed by atoms with Gasteiger partial charge in [-0.25, -0.2) is 0 Å². The molecule has 5 heteroatoms. The average molecular weight is 240 g/mol. The fraction of sp³-hybridized carbons (Fsp3) is 0.636. The van der Waals surface area contributed by atoms with Crippen molar-refractivity contribution in [3.63, 3.8) is 0 Å². The monoisotopic (exact) mass is 240 g/mol. The molecular weight excluding hydrogens is 220 g/mol. The van der Waals surface area contributed by atoms with E-state index in [1.54, 1.807) is 0 Å². The molecule has 4 nitrogen and oxygen atoms in total. The smallest absolute Gasteiger partial charge is 0.0740 e. The van der Waals surface area contributed by atoms with Gasteiger partial charge in [0.05, 0.1) is 16.4 Å². The van der Waals surface area contributed by atoms with E-state index in [-0.39, 0.29) is 0 Å². The van der Waals surface area contributed by atoms with Gasteiger partial charge in [-0.1, -0.05) is 19.1 Å². The van der Waals surface area contributed by atoms with Crippen LogP contribution in [0.3, 0.4) is 0 Å². The highest BCUT2D eigenvalue weighted by Gasteiger charge is 2.07. The molecule has 1 aromatic heterocycles. The van der Waals surface area contributed by atoms with Gasteiger partial charge in [0.2, 0.25) is 0 Å². The molecule has 0 atom stereocenters. The van der Waals surface area contributed by atoms with Gasteiger partial charge in [0.1, 0.15) is 0 Å². The third kappa shape index (κ3) is 3.90. The number of aryl methyl sites for hydroxylation is 2. The normalized spacial score (nSPS) is 11.0. The maximum absolute atomic E-state index is 5.48. The molecule has 0 unspecified atom stereocenters. The van der Waals surface area contributed by atoms with Crippen molar-refractivity contribution in [1.29, 1.82) is 0 Å². The molecule has 0 aliphatic heterocycles.